The lowest BCUT2D eigenvalue weighted by atomic mass is 10.1. The Morgan fingerprint density at radius 3 is 2.53 bits per heavy atom. The molecule has 1 saturated carbocycles. The molecule has 1 amide bonds. The van der Waals surface area contributed by atoms with Gasteiger partial charge in [-0.25, -0.2) is 0 Å². The number of esters is 1. The molecule has 1 aliphatic rings. The van der Waals surface area contributed by atoms with Crippen LogP contribution in [0, 0.1) is 11.8 Å². The summed E-state index contributed by atoms with van der Waals surface area (Å²) < 4.78 is 4.93. The van der Waals surface area contributed by atoms with E-state index in [-0.39, 0.29) is 30.4 Å². The Balaban J connectivity index is 2.61. The molecule has 2 N–H and O–H groups in total. The number of carbonyl (C=O) groups excluding carboxylic acids is 2. The van der Waals surface area contributed by atoms with E-state index in [1.165, 1.54) is 0 Å². The van der Waals surface area contributed by atoms with Crippen molar-refractivity contribution in [2.24, 2.45) is 17.6 Å². The fourth-order valence-electron chi connectivity index (χ4n) is 2.53. The minimum Gasteiger partial charge on any atom is -0.465 e. The zero-order chi connectivity index (χ0) is 14.4. The molecule has 0 heterocycles. The smallest absolute Gasteiger partial charge is 0.325 e. The number of nitrogens with zero attached hydrogens (tertiary/aromatic N) is 1. The Hall–Kier alpha value is -1.10. The van der Waals surface area contributed by atoms with Crippen LogP contribution < -0.4 is 5.73 Å². The number of amides is 1. The van der Waals surface area contributed by atoms with Gasteiger partial charge in [-0.15, -0.1) is 0 Å². The molecule has 0 saturated heterocycles. The Bertz CT molecular complexity index is 318. The average Bonchev–Trinajstić information content (AvgIpc) is 2.73. The van der Waals surface area contributed by atoms with Crippen LogP contribution >= 0.6 is 0 Å². The van der Waals surface area contributed by atoms with E-state index >= 15 is 0 Å². The van der Waals surface area contributed by atoms with E-state index in [0.717, 1.165) is 19.3 Å². The molecule has 1 aliphatic carbocycles. The largest absolute Gasteiger partial charge is 0.465 e. The van der Waals surface area contributed by atoms with Gasteiger partial charge < -0.3 is 15.4 Å². The summed E-state index contributed by atoms with van der Waals surface area (Å²) in [6, 6.07) is 0.123. The second-order valence-corrected chi connectivity index (χ2v) is 5.69. The van der Waals surface area contributed by atoms with Gasteiger partial charge in [-0.2, -0.15) is 0 Å². The number of hydrogen-bond acceptors (Lipinski definition) is 4. The molecular formula is C14H26N2O3. The van der Waals surface area contributed by atoms with E-state index in [9.17, 15) is 9.59 Å². The standard InChI is InChI=1S/C14H26N2O3/c1-4-19-13(17)9-16(8-10(2)3)14(18)11-5-6-12(15)7-11/h10-12H,4-9,15H2,1-3H3. The maximum atomic E-state index is 12.4. The van der Waals surface area contributed by atoms with Crippen molar-refractivity contribution in [3.8, 4) is 0 Å². The third-order valence-corrected chi connectivity index (χ3v) is 3.34. The number of carbonyl (C=O) groups is 2. The number of nitrogens with two attached hydrogens (primary N) is 1. The molecule has 0 aliphatic heterocycles. The van der Waals surface area contributed by atoms with Gasteiger partial charge in [0, 0.05) is 18.5 Å². The first kappa shape index (κ1) is 16.0. The number of ether oxygens (including phenoxy) is 1. The molecular weight excluding hydrogens is 244 g/mol. The lowest BCUT2D eigenvalue weighted by Gasteiger charge is -2.26. The minimum atomic E-state index is -0.334. The SMILES string of the molecule is CCOC(=O)CN(CC(C)C)C(=O)C1CCC(N)C1. The van der Waals surface area contributed by atoms with Crippen molar-refractivity contribution in [2.45, 2.75) is 46.1 Å². The minimum absolute atomic E-state index is 0.0248. The van der Waals surface area contributed by atoms with Gasteiger partial charge >= 0.3 is 5.97 Å². The lowest BCUT2D eigenvalue weighted by Crippen LogP contribution is -2.42. The topological polar surface area (TPSA) is 72.6 Å². The number of rotatable bonds is 6. The van der Waals surface area contributed by atoms with E-state index in [0.29, 0.717) is 19.1 Å². The molecule has 0 aromatic heterocycles. The van der Waals surface area contributed by atoms with Gasteiger partial charge in [0.15, 0.2) is 0 Å². The Kier molecular flexibility index (Phi) is 6.28. The molecule has 5 nitrogen and oxygen atoms in total. The summed E-state index contributed by atoms with van der Waals surface area (Å²) in [7, 11) is 0. The van der Waals surface area contributed by atoms with Gasteiger partial charge in [0.1, 0.15) is 6.54 Å². The van der Waals surface area contributed by atoms with E-state index in [1.54, 1.807) is 11.8 Å². The normalized spacial score (nSPS) is 22.6. The molecule has 0 aromatic rings. The summed E-state index contributed by atoms with van der Waals surface area (Å²) in [5, 5.41) is 0. The van der Waals surface area contributed by atoms with Gasteiger partial charge in [-0.1, -0.05) is 13.8 Å². The maximum absolute atomic E-state index is 12.4. The fraction of sp³-hybridized carbons (Fsp3) is 0.857. The summed E-state index contributed by atoms with van der Waals surface area (Å²) in [5.74, 6) is 0.0186. The van der Waals surface area contributed by atoms with Crippen LogP contribution in [0.25, 0.3) is 0 Å². The lowest BCUT2D eigenvalue weighted by molar-refractivity contribution is -0.150. The number of hydrogen-bond donors (Lipinski definition) is 1. The van der Waals surface area contributed by atoms with Crippen LogP contribution in [0.3, 0.4) is 0 Å². The molecule has 5 heteroatoms. The first-order valence-electron chi connectivity index (χ1n) is 7.14. The molecule has 0 spiro atoms. The van der Waals surface area contributed by atoms with Crippen LogP contribution in [0.5, 0.6) is 0 Å². The second kappa shape index (κ2) is 7.48. The van der Waals surface area contributed by atoms with Gasteiger partial charge in [-0.05, 0) is 32.1 Å². The van der Waals surface area contributed by atoms with Gasteiger partial charge in [0.25, 0.3) is 0 Å². The van der Waals surface area contributed by atoms with E-state index in [4.69, 9.17) is 10.5 Å². The third-order valence-electron chi connectivity index (χ3n) is 3.34. The van der Waals surface area contributed by atoms with Crippen LogP contribution in [0.15, 0.2) is 0 Å². The monoisotopic (exact) mass is 270 g/mol. The average molecular weight is 270 g/mol. The maximum Gasteiger partial charge on any atom is 0.325 e. The first-order valence-corrected chi connectivity index (χ1v) is 7.14. The molecule has 0 bridgehead atoms. The van der Waals surface area contributed by atoms with Crippen LogP contribution in [-0.2, 0) is 14.3 Å². The van der Waals surface area contributed by atoms with Crippen molar-refractivity contribution >= 4 is 11.9 Å². The Labute approximate surface area is 115 Å². The molecule has 2 unspecified atom stereocenters. The van der Waals surface area contributed by atoms with Crippen LogP contribution in [0.2, 0.25) is 0 Å². The first-order chi connectivity index (χ1) is 8.93. The van der Waals surface area contributed by atoms with Crippen LogP contribution in [0.1, 0.15) is 40.0 Å². The van der Waals surface area contributed by atoms with Crippen molar-refractivity contribution < 1.29 is 14.3 Å². The molecule has 2 atom stereocenters. The molecule has 110 valence electrons. The van der Waals surface area contributed by atoms with Crippen molar-refractivity contribution in [2.75, 3.05) is 19.7 Å². The highest BCUT2D eigenvalue weighted by Crippen LogP contribution is 2.26. The van der Waals surface area contributed by atoms with Crippen molar-refractivity contribution in [3.05, 3.63) is 0 Å². The molecule has 0 aromatic carbocycles. The fourth-order valence-corrected chi connectivity index (χ4v) is 2.53. The van der Waals surface area contributed by atoms with E-state index < -0.39 is 0 Å². The quantitative estimate of drug-likeness (QED) is 0.735. The van der Waals surface area contributed by atoms with Crippen LogP contribution in [0.4, 0.5) is 0 Å². The summed E-state index contributed by atoms with van der Waals surface area (Å²) >= 11 is 0. The highest BCUT2D eigenvalue weighted by Gasteiger charge is 2.32. The molecule has 1 rings (SSSR count). The van der Waals surface area contributed by atoms with Gasteiger partial charge in [-0.3, -0.25) is 9.59 Å². The predicted molar refractivity (Wildman–Crippen MR) is 73.4 cm³/mol. The molecule has 0 radical (unpaired) electrons. The van der Waals surface area contributed by atoms with E-state index in [2.05, 4.69) is 0 Å². The highest BCUT2D eigenvalue weighted by atomic mass is 16.5. The highest BCUT2D eigenvalue weighted by molar-refractivity contribution is 5.84. The van der Waals surface area contributed by atoms with Crippen molar-refractivity contribution in [1.82, 2.24) is 4.90 Å². The van der Waals surface area contributed by atoms with E-state index in [1.807, 2.05) is 13.8 Å². The predicted octanol–water partition coefficient (Wildman–Crippen LogP) is 1.16. The van der Waals surface area contributed by atoms with Crippen LogP contribution in [-0.4, -0.2) is 42.5 Å². The molecule has 19 heavy (non-hydrogen) atoms. The van der Waals surface area contributed by atoms with Gasteiger partial charge in [0.05, 0.1) is 6.61 Å². The summed E-state index contributed by atoms with van der Waals surface area (Å²) in [6.07, 6.45) is 2.46. The van der Waals surface area contributed by atoms with Crippen molar-refractivity contribution in [3.63, 3.8) is 0 Å². The zero-order valence-electron chi connectivity index (χ0n) is 12.2. The van der Waals surface area contributed by atoms with Crippen molar-refractivity contribution in [1.29, 1.82) is 0 Å². The molecule has 1 fully saturated rings. The second-order valence-electron chi connectivity index (χ2n) is 5.69. The zero-order valence-corrected chi connectivity index (χ0v) is 12.2. The Morgan fingerprint density at radius 2 is 2.05 bits per heavy atom. The summed E-state index contributed by atoms with van der Waals surface area (Å²) in [4.78, 5) is 25.6. The Morgan fingerprint density at radius 1 is 1.37 bits per heavy atom. The summed E-state index contributed by atoms with van der Waals surface area (Å²) in [5.41, 5.74) is 5.85. The summed E-state index contributed by atoms with van der Waals surface area (Å²) in [6.45, 7) is 6.82. The third kappa shape index (κ3) is 5.19. The van der Waals surface area contributed by atoms with Gasteiger partial charge in [0.2, 0.25) is 5.91 Å².